The first-order valence-electron chi connectivity index (χ1n) is 7.33. The van der Waals surface area contributed by atoms with Crippen molar-refractivity contribution in [3.63, 3.8) is 0 Å². The number of benzene rings is 1. The van der Waals surface area contributed by atoms with Crippen LogP contribution in [0.1, 0.15) is 25.1 Å². The van der Waals surface area contributed by atoms with Gasteiger partial charge in [-0.2, -0.15) is 0 Å². The van der Waals surface area contributed by atoms with Crippen molar-refractivity contribution in [2.75, 3.05) is 0 Å². The Kier molecular flexibility index (Phi) is 3.74. The van der Waals surface area contributed by atoms with E-state index in [-0.39, 0.29) is 11.9 Å². The van der Waals surface area contributed by atoms with E-state index in [1.54, 1.807) is 18.4 Å². The Morgan fingerprint density at radius 1 is 1.50 bits per heavy atom. The number of thiazole rings is 1. The number of hydrogen-bond donors (Lipinski definition) is 1. The van der Waals surface area contributed by atoms with Gasteiger partial charge in [-0.3, -0.25) is 10.2 Å². The highest BCUT2D eigenvalue weighted by atomic mass is 35.5. The predicted molar refractivity (Wildman–Crippen MR) is 93.4 cm³/mol. The third kappa shape index (κ3) is 2.76. The minimum absolute atomic E-state index is 0.0994. The Bertz CT molecular complexity index is 935. The molecule has 24 heavy (non-hydrogen) atoms. The number of nitrogens with one attached hydrogen (secondary N) is 1. The van der Waals surface area contributed by atoms with Crippen molar-refractivity contribution in [2.24, 2.45) is 4.99 Å². The highest BCUT2D eigenvalue weighted by Crippen LogP contribution is 2.33. The van der Waals surface area contributed by atoms with Gasteiger partial charge in [0, 0.05) is 18.4 Å². The van der Waals surface area contributed by atoms with Crippen molar-refractivity contribution < 1.29 is 9.21 Å². The van der Waals surface area contributed by atoms with E-state index in [1.165, 1.54) is 23.3 Å². The van der Waals surface area contributed by atoms with Crippen molar-refractivity contribution >= 4 is 50.0 Å². The molecule has 1 saturated heterocycles. The van der Waals surface area contributed by atoms with Gasteiger partial charge in [0.1, 0.15) is 17.6 Å². The van der Waals surface area contributed by atoms with Crippen LogP contribution in [0, 0.1) is 0 Å². The van der Waals surface area contributed by atoms with E-state index in [1.807, 2.05) is 18.2 Å². The molecule has 1 aliphatic rings. The third-order valence-corrected chi connectivity index (χ3v) is 4.88. The van der Waals surface area contributed by atoms with Gasteiger partial charge in [-0.15, -0.1) is 0 Å². The van der Waals surface area contributed by atoms with E-state index in [2.05, 4.69) is 15.4 Å². The SMILES string of the molecule is CC(=O)N1N/C(=N/c2nc3ccc(Cl)cc3s2)CC1c1ccco1. The number of nitrogens with zero attached hydrogens (tertiary/aromatic N) is 3. The molecule has 6 nitrogen and oxygen atoms in total. The molecule has 4 rings (SSSR count). The summed E-state index contributed by atoms with van der Waals surface area (Å²) >= 11 is 7.46. The van der Waals surface area contributed by atoms with Crippen molar-refractivity contribution in [2.45, 2.75) is 19.4 Å². The van der Waals surface area contributed by atoms with Crippen LogP contribution in [-0.2, 0) is 4.79 Å². The molecule has 0 saturated carbocycles. The molecule has 2 aromatic heterocycles. The lowest BCUT2D eigenvalue weighted by atomic mass is 10.1. The summed E-state index contributed by atoms with van der Waals surface area (Å²) in [6, 6.07) is 8.99. The van der Waals surface area contributed by atoms with Crippen molar-refractivity contribution in [1.29, 1.82) is 0 Å². The first-order valence-corrected chi connectivity index (χ1v) is 8.53. The maximum Gasteiger partial charge on any atom is 0.238 e. The van der Waals surface area contributed by atoms with E-state index in [0.717, 1.165) is 16.0 Å². The van der Waals surface area contributed by atoms with Gasteiger partial charge in [0.2, 0.25) is 11.0 Å². The van der Waals surface area contributed by atoms with Crippen LogP contribution in [0.15, 0.2) is 46.0 Å². The molecule has 1 aliphatic heterocycles. The van der Waals surface area contributed by atoms with Gasteiger partial charge in [0.25, 0.3) is 0 Å². The fraction of sp³-hybridized carbons (Fsp3) is 0.188. The van der Waals surface area contributed by atoms with Crippen LogP contribution in [-0.4, -0.2) is 21.7 Å². The zero-order valence-electron chi connectivity index (χ0n) is 12.7. The fourth-order valence-electron chi connectivity index (χ4n) is 2.66. The Morgan fingerprint density at radius 2 is 2.38 bits per heavy atom. The molecule has 0 aliphatic carbocycles. The van der Waals surface area contributed by atoms with Crippen molar-refractivity contribution in [3.05, 3.63) is 47.4 Å². The number of fused-ring (bicyclic) bond motifs is 1. The van der Waals surface area contributed by atoms with Gasteiger partial charge in [-0.05, 0) is 30.3 Å². The molecule has 8 heteroatoms. The standard InChI is InChI=1S/C16H13ClN4O2S/c1-9(22)21-12(13-3-2-6-23-13)8-15(20-21)19-16-18-11-5-4-10(17)7-14(11)24-16/h2-7,12H,8H2,1H3,(H,18,19,20). The van der Waals surface area contributed by atoms with Crippen LogP contribution in [0.2, 0.25) is 5.02 Å². The number of hydrogen-bond acceptors (Lipinski definition) is 5. The lowest BCUT2D eigenvalue weighted by Gasteiger charge is -2.20. The number of hydrazine groups is 1. The fourth-order valence-corrected chi connectivity index (χ4v) is 3.80. The number of amides is 1. The second-order valence-corrected chi connectivity index (χ2v) is 6.85. The topological polar surface area (TPSA) is 70.7 Å². The van der Waals surface area contributed by atoms with Crippen LogP contribution in [0.4, 0.5) is 5.13 Å². The Morgan fingerprint density at radius 3 is 3.12 bits per heavy atom. The van der Waals surface area contributed by atoms with Gasteiger partial charge < -0.3 is 4.42 Å². The summed E-state index contributed by atoms with van der Waals surface area (Å²) in [5, 5.41) is 2.82. The van der Waals surface area contributed by atoms with E-state index in [0.29, 0.717) is 22.4 Å². The molecule has 1 N–H and O–H groups in total. The molecule has 1 fully saturated rings. The molecule has 1 aromatic carbocycles. The maximum atomic E-state index is 11.9. The summed E-state index contributed by atoms with van der Waals surface area (Å²) in [4.78, 5) is 20.9. The van der Waals surface area contributed by atoms with E-state index < -0.39 is 0 Å². The molecular weight excluding hydrogens is 348 g/mol. The molecule has 0 radical (unpaired) electrons. The minimum Gasteiger partial charge on any atom is -0.467 e. The molecule has 0 bridgehead atoms. The average Bonchev–Trinajstić information content (AvgIpc) is 3.24. The minimum atomic E-state index is -0.208. The number of furan rings is 1. The summed E-state index contributed by atoms with van der Waals surface area (Å²) in [6.07, 6.45) is 2.14. The molecule has 3 aromatic rings. The van der Waals surface area contributed by atoms with Gasteiger partial charge >= 0.3 is 0 Å². The highest BCUT2D eigenvalue weighted by Gasteiger charge is 2.34. The summed E-state index contributed by atoms with van der Waals surface area (Å²) in [5.74, 6) is 1.30. The summed E-state index contributed by atoms with van der Waals surface area (Å²) in [5.41, 5.74) is 3.90. The molecule has 0 spiro atoms. The van der Waals surface area contributed by atoms with E-state index >= 15 is 0 Å². The zero-order chi connectivity index (χ0) is 16.7. The van der Waals surface area contributed by atoms with Gasteiger partial charge in [0.15, 0.2) is 0 Å². The first-order chi connectivity index (χ1) is 11.6. The average molecular weight is 361 g/mol. The second-order valence-electron chi connectivity index (χ2n) is 5.40. The predicted octanol–water partition coefficient (Wildman–Crippen LogP) is 4.07. The lowest BCUT2D eigenvalue weighted by molar-refractivity contribution is -0.132. The quantitative estimate of drug-likeness (QED) is 0.747. The number of halogens is 1. The van der Waals surface area contributed by atoms with Crippen molar-refractivity contribution in [1.82, 2.24) is 15.4 Å². The summed E-state index contributed by atoms with van der Waals surface area (Å²) < 4.78 is 6.42. The Hall–Kier alpha value is -2.38. The number of carbonyl (C=O) groups excluding carboxylic acids is 1. The summed E-state index contributed by atoms with van der Waals surface area (Å²) in [7, 11) is 0. The van der Waals surface area contributed by atoms with Crippen LogP contribution in [0.3, 0.4) is 0 Å². The third-order valence-electron chi connectivity index (χ3n) is 3.73. The summed E-state index contributed by atoms with van der Waals surface area (Å²) in [6.45, 7) is 1.51. The van der Waals surface area contributed by atoms with Crippen molar-refractivity contribution in [3.8, 4) is 0 Å². The largest absolute Gasteiger partial charge is 0.467 e. The number of rotatable bonds is 2. The van der Waals surface area contributed by atoms with Gasteiger partial charge in [0.05, 0.1) is 16.5 Å². The van der Waals surface area contributed by atoms with Gasteiger partial charge in [-0.1, -0.05) is 22.9 Å². The Labute approximate surface area is 146 Å². The maximum absolute atomic E-state index is 11.9. The molecule has 1 unspecified atom stereocenters. The highest BCUT2D eigenvalue weighted by molar-refractivity contribution is 7.22. The monoisotopic (exact) mass is 360 g/mol. The van der Waals surface area contributed by atoms with Crippen LogP contribution >= 0.6 is 22.9 Å². The smallest absolute Gasteiger partial charge is 0.238 e. The normalized spacial score (nSPS) is 19.2. The number of aromatic nitrogens is 1. The van der Waals surface area contributed by atoms with Gasteiger partial charge in [-0.25, -0.2) is 15.0 Å². The van der Waals surface area contributed by atoms with E-state index in [4.69, 9.17) is 16.0 Å². The molecular formula is C16H13ClN4O2S. The van der Waals surface area contributed by atoms with Crippen LogP contribution in [0.5, 0.6) is 0 Å². The van der Waals surface area contributed by atoms with Crippen LogP contribution in [0.25, 0.3) is 10.2 Å². The number of amidine groups is 1. The van der Waals surface area contributed by atoms with E-state index in [9.17, 15) is 4.79 Å². The lowest BCUT2D eigenvalue weighted by Crippen LogP contribution is -2.38. The molecule has 1 amide bonds. The molecule has 122 valence electrons. The number of carbonyl (C=O) groups is 1. The molecule has 3 heterocycles. The first kappa shape index (κ1) is 15.2. The Balaban J connectivity index is 1.65. The molecule has 1 atom stereocenters. The van der Waals surface area contributed by atoms with Crippen LogP contribution < -0.4 is 5.43 Å². The zero-order valence-corrected chi connectivity index (χ0v) is 14.3. The second kappa shape index (κ2) is 5.92. The number of aliphatic imine (C=N–C) groups is 1.